The maximum absolute atomic E-state index is 12.9. The molecule has 0 unspecified atom stereocenters. The van der Waals surface area contributed by atoms with E-state index in [-0.39, 0.29) is 23.9 Å². The molecule has 0 fully saturated rings. The number of unbranched alkanes of at least 4 members (excludes halogenated alkanes) is 6. The molecule has 0 saturated carbocycles. The van der Waals surface area contributed by atoms with Crippen LogP contribution in [0.2, 0.25) is 0 Å². The van der Waals surface area contributed by atoms with Gasteiger partial charge in [0.25, 0.3) is 5.91 Å². The second-order valence-electron chi connectivity index (χ2n) is 12.0. The molecule has 2 atom stereocenters. The maximum atomic E-state index is 12.9. The van der Waals surface area contributed by atoms with Gasteiger partial charge in [-0.25, -0.2) is 0 Å². The second-order valence-corrected chi connectivity index (χ2v) is 12.0. The summed E-state index contributed by atoms with van der Waals surface area (Å²) in [7, 11) is 0. The molecule has 0 aliphatic carbocycles. The largest absolute Gasteiger partial charge is 0.370 e. The first-order valence-corrected chi connectivity index (χ1v) is 17.4. The van der Waals surface area contributed by atoms with Crippen LogP contribution in [0.1, 0.15) is 81.0 Å². The number of amides is 4. The standard InChI is InChI=1S/C35H55N11O4/c36-29(18-13-23-43-35(38)39)33(49)41-22-11-10-20-40-19-8-3-1-2-4-9-21-42-34(50)30(25-31(37)47)44-32(48)26-14-12-17-28(24-26)46-45-27-15-6-5-7-16-27/h5-7,12,14-17,24,29-30,40H,1-4,8-11,13,18-23,25,36H2,(H2,37,47)(H,41,49)(H,42,50)(H,44,48)(H4,38,39,43)/t29-,30-/m0/s1. The number of carbonyl (C=O) groups is 4. The van der Waals surface area contributed by atoms with E-state index in [1.54, 1.807) is 24.3 Å². The van der Waals surface area contributed by atoms with E-state index < -0.39 is 29.8 Å². The average molecular weight is 694 g/mol. The van der Waals surface area contributed by atoms with Crippen molar-refractivity contribution in [1.29, 1.82) is 0 Å². The Balaban J connectivity index is 1.53. The van der Waals surface area contributed by atoms with Crippen LogP contribution in [0.25, 0.3) is 0 Å². The Morgan fingerprint density at radius 2 is 1.24 bits per heavy atom. The number of nitrogens with two attached hydrogens (primary N) is 4. The molecule has 0 saturated heterocycles. The van der Waals surface area contributed by atoms with Gasteiger partial charge in [-0.2, -0.15) is 10.2 Å². The molecule has 0 aliphatic rings. The molecule has 0 aromatic heterocycles. The summed E-state index contributed by atoms with van der Waals surface area (Å²) in [5.41, 5.74) is 23.2. The zero-order chi connectivity index (χ0) is 36.4. The normalized spacial score (nSPS) is 12.2. The third-order valence-electron chi connectivity index (χ3n) is 7.64. The van der Waals surface area contributed by atoms with Crippen molar-refractivity contribution < 1.29 is 19.2 Å². The number of hydrogen-bond donors (Lipinski definition) is 8. The highest BCUT2D eigenvalue weighted by atomic mass is 16.2. The molecule has 50 heavy (non-hydrogen) atoms. The molecule has 15 heteroatoms. The lowest BCUT2D eigenvalue weighted by molar-refractivity contribution is -0.126. The number of nitrogens with one attached hydrogen (secondary N) is 4. The van der Waals surface area contributed by atoms with Gasteiger partial charge in [-0.15, -0.1) is 0 Å². The van der Waals surface area contributed by atoms with Gasteiger partial charge in [0, 0.05) is 25.2 Å². The first-order chi connectivity index (χ1) is 24.2. The summed E-state index contributed by atoms with van der Waals surface area (Å²) in [6.45, 7) is 3.33. The quantitative estimate of drug-likeness (QED) is 0.0313. The van der Waals surface area contributed by atoms with Crippen molar-refractivity contribution in [3.05, 3.63) is 60.2 Å². The fourth-order valence-electron chi connectivity index (χ4n) is 4.88. The molecular weight excluding hydrogens is 638 g/mol. The summed E-state index contributed by atoms with van der Waals surface area (Å²) >= 11 is 0. The monoisotopic (exact) mass is 693 g/mol. The molecule has 0 spiro atoms. The molecule has 0 heterocycles. The smallest absolute Gasteiger partial charge is 0.252 e. The zero-order valence-electron chi connectivity index (χ0n) is 28.9. The van der Waals surface area contributed by atoms with Crippen molar-refractivity contribution >= 4 is 41.0 Å². The Kier molecular flexibility index (Phi) is 20.8. The predicted molar refractivity (Wildman–Crippen MR) is 196 cm³/mol. The van der Waals surface area contributed by atoms with Crippen molar-refractivity contribution in [1.82, 2.24) is 21.3 Å². The van der Waals surface area contributed by atoms with Gasteiger partial charge in [-0.05, 0) is 81.9 Å². The molecule has 0 bridgehead atoms. The number of aliphatic imine (C=N–C) groups is 1. The van der Waals surface area contributed by atoms with Crippen LogP contribution in [0, 0.1) is 0 Å². The minimum absolute atomic E-state index is 0.0382. The van der Waals surface area contributed by atoms with Gasteiger partial charge in [0.05, 0.1) is 23.8 Å². The molecule has 0 aliphatic heterocycles. The third-order valence-corrected chi connectivity index (χ3v) is 7.64. The Labute approximate surface area is 294 Å². The minimum Gasteiger partial charge on any atom is -0.370 e. The molecule has 274 valence electrons. The van der Waals surface area contributed by atoms with Crippen molar-refractivity contribution in [2.24, 2.45) is 38.2 Å². The van der Waals surface area contributed by atoms with Gasteiger partial charge in [-0.1, -0.05) is 49.9 Å². The van der Waals surface area contributed by atoms with Gasteiger partial charge in [-0.3, -0.25) is 24.2 Å². The lowest BCUT2D eigenvalue weighted by atomic mass is 10.1. The first kappa shape index (κ1) is 41.3. The van der Waals surface area contributed by atoms with Crippen molar-refractivity contribution in [3.8, 4) is 0 Å². The van der Waals surface area contributed by atoms with E-state index in [4.69, 9.17) is 22.9 Å². The van der Waals surface area contributed by atoms with Crippen LogP contribution >= 0.6 is 0 Å². The van der Waals surface area contributed by atoms with Crippen molar-refractivity contribution in [2.75, 3.05) is 32.7 Å². The fourth-order valence-corrected chi connectivity index (χ4v) is 4.88. The van der Waals surface area contributed by atoms with Crippen LogP contribution in [-0.4, -0.2) is 74.4 Å². The van der Waals surface area contributed by atoms with E-state index in [1.807, 2.05) is 30.3 Å². The predicted octanol–water partition coefficient (Wildman–Crippen LogP) is 2.40. The van der Waals surface area contributed by atoms with E-state index >= 15 is 0 Å². The molecule has 2 aromatic rings. The number of benzene rings is 2. The lowest BCUT2D eigenvalue weighted by Crippen LogP contribution is -2.48. The van der Waals surface area contributed by atoms with E-state index in [9.17, 15) is 19.2 Å². The second kappa shape index (κ2) is 25.1. The van der Waals surface area contributed by atoms with Gasteiger partial charge in [0.15, 0.2) is 5.96 Å². The molecule has 12 N–H and O–H groups in total. The van der Waals surface area contributed by atoms with Gasteiger partial charge >= 0.3 is 0 Å². The van der Waals surface area contributed by atoms with E-state index in [0.29, 0.717) is 43.9 Å². The molecule has 15 nitrogen and oxygen atoms in total. The van der Waals surface area contributed by atoms with Crippen LogP contribution in [0.3, 0.4) is 0 Å². The van der Waals surface area contributed by atoms with Gasteiger partial charge in [0.2, 0.25) is 17.7 Å². The highest BCUT2D eigenvalue weighted by molar-refractivity contribution is 5.99. The number of primary amides is 1. The summed E-state index contributed by atoms with van der Waals surface area (Å²) in [5, 5.41) is 20.1. The Bertz CT molecular complexity index is 1370. The highest BCUT2D eigenvalue weighted by Gasteiger charge is 2.23. The number of guanidine groups is 1. The number of carbonyl (C=O) groups excluding carboxylic acids is 4. The van der Waals surface area contributed by atoms with Crippen LogP contribution in [0.15, 0.2) is 69.8 Å². The number of nitrogens with zero attached hydrogens (tertiary/aromatic N) is 3. The van der Waals surface area contributed by atoms with E-state index in [0.717, 1.165) is 64.5 Å². The van der Waals surface area contributed by atoms with Crippen molar-refractivity contribution in [2.45, 2.75) is 82.7 Å². The maximum Gasteiger partial charge on any atom is 0.252 e. The number of azo groups is 1. The van der Waals surface area contributed by atoms with E-state index in [2.05, 4.69) is 36.5 Å². The summed E-state index contributed by atoms with van der Waals surface area (Å²) in [6.07, 6.45) is 8.79. The SMILES string of the molecule is NC(=O)C[C@H](NC(=O)c1cccc(N=Nc2ccccc2)c1)C(=O)NCCCCCCCCNCCCCNC(=O)[C@@H](N)CCCN=C(N)N. The number of rotatable bonds is 26. The summed E-state index contributed by atoms with van der Waals surface area (Å²) in [4.78, 5) is 53.3. The van der Waals surface area contributed by atoms with Crippen molar-refractivity contribution in [3.63, 3.8) is 0 Å². The Hall–Kier alpha value is -4.89. The number of hydrogen-bond acceptors (Lipinski definition) is 9. The Morgan fingerprint density at radius 3 is 1.92 bits per heavy atom. The van der Waals surface area contributed by atoms with Crippen LogP contribution in [-0.2, 0) is 14.4 Å². The summed E-state index contributed by atoms with van der Waals surface area (Å²) in [6, 6.07) is 14.1. The first-order valence-electron chi connectivity index (χ1n) is 17.4. The topological polar surface area (TPSA) is 258 Å². The average Bonchev–Trinajstić information content (AvgIpc) is 3.10. The summed E-state index contributed by atoms with van der Waals surface area (Å²) < 4.78 is 0. The molecule has 0 radical (unpaired) electrons. The minimum atomic E-state index is -1.09. The van der Waals surface area contributed by atoms with Crippen LogP contribution < -0.4 is 44.2 Å². The highest BCUT2D eigenvalue weighted by Crippen LogP contribution is 2.19. The molecule has 2 rings (SSSR count). The Morgan fingerprint density at radius 1 is 0.660 bits per heavy atom. The fraction of sp³-hybridized carbons (Fsp3) is 0.514. The zero-order valence-corrected chi connectivity index (χ0v) is 28.9. The van der Waals surface area contributed by atoms with E-state index in [1.165, 1.54) is 0 Å². The lowest BCUT2D eigenvalue weighted by Gasteiger charge is -2.17. The van der Waals surface area contributed by atoms with Gasteiger partial charge < -0.3 is 44.2 Å². The molecule has 2 aromatic carbocycles. The van der Waals surface area contributed by atoms with Gasteiger partial charge in [0.1, 0.15) is 6.04 Å². The van der Waals surface area contributed by atoms with Crippen LogP contribution in [0.5, 0.6) is 0 Å². The molecule has 4 amide bonds. The molecular formula is C35H55N11O4. The summed E-state index contributed by atoms with van der Waals surface area (Å²) in [5.74, 6) is -1.77. The van der Waals surface area contributed by atoms with Crippen LogP contribution in [0.4, 0.5) is 11.4 Å². The third kappa shape index (κ3) is 19.2.